The Morgan fingerprint density at radius 3 is 2.56 bits per heavy atom. The molecule has 3 nitrogen and oxygen atoms in total. The lowest BCUT2D eigenvalue weighted by molar-refractivity contribution is -0.0500. The Balaban J connectivity index is 2.86. The molecule has 1 rings (SSSR count). The van der Waals surface area contributed by atoms with Gasteiger partial charge in [0.15, 0.2) is 0 Å². The van der Waals surface area contributed by atoms with Crippen LogP contribution >= 0.6 is 11.8 Å². The second-order valence-electron chi connectivity index (χ2n) is 3.31. The highest BCUT2D eigenvalue weighted by Gasteiger charge is 2.48. The van der Waals surface area contributed by atoms with Gasteiger partial charge in [0, 0.05) is 4.90 Å². The minimum absolute atomic E-state index is 0.339. The zero-order valence-electron chi connectivity index (χ0n) is 9.40. The summed E-state index contributed by atoms with van der Waals surface area (Å²) in [6, 6.07) is 5.55. The van der Waals surface area contributed by atoms with Gasteiger partial charge in [-0.2, -0.15) is 21.6 Å². The monoisotopic (exact) mass is 300 g/mol. The van der Waals surface area contributed by atoms with E-state index in [-0.39, 0.29) is 5.75 Å². The van der Waals surface area contributed by atoms with E-state index in [0.717, 1.165) is 12.2 Å². The molecule has 8 heteroatoms. The average molecular weight is 300 g/mol. The minimum Gasteiger partial charge on any atom is -0.376 e. The lowest BCUT2D eigenvalue weighted by atomic mass is 10.3. The molecular weight excluding hydrogens is 289 g/mol. The zero-order valence-corrected chi connectivity index (χ0v) is 11.0. The summed E-state index contributed by atoms with van der Waals surface area (Å²) in [6.45, 7) is 1.96. The highest BCUT2D eigenvalue weighted by atomic mass is 32.2. The molecule has 0 atom stereocenters. The molecule has 1 aromatic rings. The molecule has 0 fully saturated rings. The number of halogens is 3. The summed E-state index contributed by atoms with van der Waals surface area (Å²) in [5.41, 5.74) is -5.42. The van der Waals surface area contributed by atoms with Crippen LogP contribution in [0.1, 0.15) is 13.3 Å². The fraction of sp³-hybridized carbons (Fsp3) is 0.400. The van der Waals surface area contributed by atoms with Crippen LogP contribution < -0.4 is 4.18 Å². The maximum Gasteiger partial charge on any atom is 0.534 e. The van der Waals surface area contributed by atoms with Gasteiger partial charge in [-0.05, 0) is 30.4 Å². The van der Waals surface area contributed by atoms with Crippen LogP contribution in [0.4, 0.5) is 13.2 Å². The summed E-state index contributed by atoms with van der Waals surface area (Å²) in [4.78, 5) is 0.659. The molecule has 1 aromatic carbocycles. The first kappa shape index (κ1) is 15.2. The number of alkyl halides is 3. The van der Waals surface area contributed by atoms with Crippen LogP contribution in [0.5, 0.6) is 5.75 Å². The third-order valence-corrected chi connectivity index (χ3v) is 3.95. The third kappa shape index (κ3) is 4.09. The molecule has 0 spiro atoms. The Bertz CT molecular complexity index is 497. The van der Waals surface area contributed by atoms with Gasteiger partial charge in [-0.25, -0.2) is 0 Å². The van der Waals surface area contributed by atoms with Crippen molar-refractivity contribution in [2.75, 3.05) is 5.75 Å². The van der Waals surface area contributed by atoms with E-state index in [2.05, 4.69) is 4.18 Å². The summed E-state index contributed by atoms with van der Waals surface area (Å²) in [6.07, 6.45) is 0.899. The van der Waals surface area contributed by atoms with E-state index in [1.165, 1.54) is 30.0 Å². The fourth-order valence-corrected chi connectivity index (χ4v) is 2.28. The number of hydrogen-bond acceptors (Lipinski definition) is 4. The first-order valence-corrected chi connectivity index (χ1v) is 7.39. The first-order valence-electron chi connectivity index (χ1n) is 5.00. The Hall–Kier alpha value is -0.890. The Morgan fingerprint density at radius 2 is 2.00 bits per heavy atom. The molecule has 102 valence electrons. The Labute approximate surface area is 107 Å². The van der Waals surface area contributed by atoms with Gasteiger partial charge in [0.25, 0.3) is 0 Å². The largest absolute Gasteiger partial charge is 0.534 e. The van der Waals surface area contributed by atoms with E-state index in [0.29, 0.717) is 4.90 Å². The van der Waals surface area contributed by atoms with Crippen LogP contribution in [-0.4, -0.2) is 19.7 Å². The third-order valence-electron chi connectivity index (χ3n) is 1.77. The number of thioether (sulfide) groups is 1. The van der Waals surface area contributed by atoms with Crippen molar-refractivity contribution in [1.29, 1.82) is 0 Å². The van der Waals surface area contributed by atoms with Crippen molar-refractivity contribution >= 4 is 21.9 Å². The van der Waals surface area contributed by atoms with Crippen LogP contribution in [-0.2, 0) is 10.1 Å². The van der Waals surface area contributed by atoms with Crippen molar-refractivity contribution in [1.82, 2.24) is 0 Å². The van der Waals surface area contributed by atoms with Gasteiger partial charge < -0.3 is 4.18 Å². The van der Waals surface area contributed by atoms with Gasteiger partial charge in [-0.15, -0.1) is 11.8 Å². The summed E-state index contributed by atoms with van der Waals surface area (Å²) in [5, 5.41) is 0. The lowest BCUT2D eigenvalue weighted by Gasteiger charge is -2.10. The van der Waals surface area contributed by atoms with Crippen molar-refractivity contribution in [2.45, 2.75) is 23.7 Å². The molecule has 0 radical (unpaired) electrons. The molecule has 18 heavy (non-hydrogen) atoms. The molecule has 0 saturated carbocycles. The minimum atomic E-state index is -5.60. The van der Waals surface area contributed by atoms with Crippen LogP contribution in [0.2, 0.25) is 0 Å². The van der Waals surface area contributed by atoms with Gasteiger partial charge in [-0.3, -0.25) is 0 Å². The number of rotatable bonds is 5. The van der Waals surface area contributed by atoms with Crippen molar-refractivity contribution in [2.24, 2.45) is 0 Å². The highest BCUT2D eigenvalue weighted by Crippen LogP contribution is 2.29. The Morgan fingerprint density at radius 1 is 1.33 bits per heavy atom. The van der Waals surface area contributed by atoms with E-state index in [1.54, 1.807) is 6.07 Å². The zero-order chi connectivity index (χ0) is 13.8. The molecule has 0 aliphatic heterocycles. The van der Waals surface area contributed by atoms with Crippen LogP contribution in [0.25, 0.3) is 0 Å². The van der Waals surface area contributed by atoms with E-state index < -0.39 is 15.6 Å². The predicted molar refractivity (Wildman–Crippen MR) is 63.1 cm³/mol. The molecule has 0 heterocycles. The second kappa shape index (κ2) is 5.83. The molecule has 0 bridgehead atoms. The van der Waals surface area contributed by atoms with Crippen molar-refractivity contribution in [3.8, 4) is 5.75 Å². The molecule has 0 aromatic heterocycles. The summed E-state index contributed by atoms with van der Waals surface area (Å²) in [5.74, 6) is 0.448. The average Bonchev–Trinajstić information content (AvgIpc) is 2.24. The summed E-state index contributed by atoms with van der Waals surface area (Å²) < 4.78 is 61.9. The summed E-state index contributed by atoms with van der Waals surface area (Å²) in [7, 11) is -5.60. The van der Waals surface area contributed by atoms with E-state index in [9.17, 15) is 21.6 Å². The van der Waals surface area contributed by atoms with Crippen LogP contribution in [0.3, 0.4) is 0 Å². The number of benzene rings is 1. The van der Waals surface area contributed by atoms with Gasteiger partial charge >= 0.3 is 15.6 Å². The van der Waals surface area contributed by atoms with Crippen molar-refractivity contribution in [3.05, 3.63) is 24.3 Å². The molecular formula is C10H11F3O3S2. The van der Waals surface area contributed by atoms with Gasteiger partial charge in [0.05, 0.1) is 0 Å². The maximum atomic E-state index is 12.1. The maximum absolute atomic E-state index is 12.1. The number of hydrogen-bond donors (Lipinski definition) is 0. The van der Waals surface area contributed by atoms with Crippen LogP contribution in [0.15, 0.2) is 29.2 Å². The smallest absolute Gasteiger partial charge is 0.376 e. The topological polar surface area (TPSA) is 43.4 Å². The SMILES string of the molecule is CCCSc1cccc(OS(=O)(=O)C(F)(F)F)c1. The van der Waals surface area contributed by atoms with E-state index in [1.807, 2.05) is 6.92 Å². The molecule has 0 N–H and O–H groups in total. The van der Waals surface area contributed by atoms with Gasteiger partial charge in [0.2, 0.25) is 0 Å². The quantitative estimate of drug-likeness (QED) is 0.475. The normalized spacial score (nSPS) is 12.4. The van der Waals surface area contributed by atoms with Crippen LogP contribution in [0, 0.1) is 0 Å². The Kier molecular flexibility index (Phi) is 4.92. The standard InChI is InChI=1S/C10H11F3O3S2/c1-2-6-17-9-5-3-4-8(7-9)16-18(14,15)10(11,12)13/h3-5,7H,2,6H2,1H3. The molecule has 0 saturated heterocycles. The van der Waals surface area contributed by atoms with E-state index >= 15 is 0 Å². The predicted octanol–water partition coefficient (Wildman–Crippen LogP) is 3.42. The molecule has 0 amide bonds. The molecule has 0 unspecified atom stereocenters. The van der Waals surface area contributed by atoms with Crippen molar-refractivity contribution in [3.63, 3.8) is 0 Å². The van der Waals surface area contributed by atoms with Crippen molar-refractivity contribution < 1.29 is 25.8 Å². The molecule has 0 aliphatic rings. The highest BCUT2D eigenvalue weighted by molar-refractivity contribution is 7.99. The lowest BCUT2D eigenvalue weighted by Crippen LogP contribution is -2.28. The van der Waals surface area contributed by atoms with Gasteiger partial charge in [-0.1, -0.05) is 13.0 Å². The second-order valence-corrected chi connectivity index (χ2v) is 6.01. The molecule has 0 aliphatic carbocycles. The summed E-state index contributed by atoms with van der Waals surface area (Å²) >= 11 is 1.41. The van der Waals surface area contributed by atoms with Gasteiger partial charge in [0.1, 0.15) is 5.75 Å². The fourth-order valence-electron chi connectivity index (χ4n) is 1.01. The first-order chi connectivity index (χ1) is 8.26. The van der Waals surface area contributed by atoms with E-state index in [4.69, 9.17) is 0 Å².